The lowest BCUT2D eigenvalue weighted by molar-refractivity contribution is -0.132. The van der Waals surface area contributed by atoms with Gasteiger partial charge in [0.05, 0.1) is 13.2 Å². The first kappa shape index (κ1) is 21.6. The molecule has 6 nitrogen and oxygen atoms in total. The zero-order chi connectivity index (χ0) is 18.5. The lowest BCUT2D eigenvalue weighted by Gasteiger charge is -2.21. The molecule has 25 heavy (non-hydrogen) atoms. The number of carbonyl (C=O) groups is 2. The summed E-state index contributed by atoms with van der Waals surface area (Å²) in [4.78, 5) is 30.4. The van der Waals surface area contributed by atoms with E-state index in [0.717, 1.165) is 37.1 Å². The summed E-state index contributed by atoms with van der Waals surface area (Å²) in [5.41, 5.74) is 0.314. The number of methoxy groups -OCH3 is 1. The highest BCUT2D eigenvalue weighted by Gasteiger charge is 2.17. The van der Waals surface area contributed by atoms with E-state index in [1.54, 1.807) is 19.4 Å². The molecule has 142 valence electrons. The molecule has 0 saturated carbocycles. The molecule has 0 aliphatic rings. The maximum absolute atomic E-state index is 12.5. The van der Waals surface area contributed by atoms with Gasteiger partial charge in [0.2, 0.25) is 5.91 Å². The van der Waals surface area contributed by atoms with E-state index in [-0.39, 0.29) is 5.91 Å². The molecule has 0 aliphatic heterocycles. The predicted octanol–water partition coefficient (Wildman–Crippen LogP) is 3.66. The van der Waals surface area contributed by atoms with E-state index in [2.05, 4.69) is 11.9 Å². The van der Waals surface area contributed by atoms with Gasteiger partial charge in [0.1, 0.15) is 5.01 Å². The van der Waals surface area contributed by atoms with E-state index in [0.29, 0.717) is 38.4 Å². The van der Waals surface area contributed by atoms with Crippen molar-refractivity contribution in [3.05, 3.63) is 16.1 Å². The number of ether oxygens (including phenoxy) is 2. The van der Waals surface area contributed by atoms with Gasteiger partial charge in [0.25, 0.3) is 0 Å². The molecule has 0 bridgehead atoms. The summed E-state index contributed by atoms with van der Waals surface area (Å²) >= 11 is 1.38. The SMILES string of the molecule is CCCCCCC(=O)N(CCCOC)Cc1nc(C(=O)OCC)cs1. The van der Waals surface area contributed by atoms with Crippen molar-refractivity contribution in [2.24, 2.45) is 0 Å². The fourth-order valence-corrected chi connectivity index (χ4v) is 3.18. The molecule has 1 aromatic rings. The quantitative estimate of drug-likeness (QED) is 0.391. The molecule has 1 heterocycles. The monoisotopic (exact) mass is 370 g/mol. The van der Waals surface area contributed by atoms with Crippen LogP contribution in [0.2, 0.25) is 0 Å². The van der Waals surface area contributed by atoms with E-state index in [4.69, 9.17) is 9.47 Å². The number of hydrogen-bond donors (Lipinski definition) is 0. The lowest BCUT2D eigenvalue weighted by Crippen LogP contribution is -2.32. The van der Waals surface area contributed by atoms with Gasteiger partial charge in [-0.3, -0.25) is 4.79 Å². The Bertz CT molecular complexity index is 519. The minimum Gasteiger partial charge on any atom is -0.461 e. The molecule has 7 heteroatoms. The molecule has 0 unspecified atom stereocenters. The number of thiazole rings is 1. The Morgan fingerprint density at radius 3 is 2.68 bits per heavy atom. The predicted molar refractivity (Wildman–Crippen MR) is 98.7 cm³/mol. The fraction of sp³-hybridized carbons (Fsp3) is 0.722. The minimum atomic E-state index is -0.415. The van der Waals surface area contributed by atoms with Crippen molar-refractivity contribution in [3.63, 3.8) is 0 Å². The fourth-order valence-electron chi connectivity index (χ4n) is 2.40. The van der Waals surface area contributed by atoms with Gasteiger partial charge >= 0.3 is 5.97 Å². The number of rotatable bonds is 13. The molecule has 1 aromatic heterocycles. The van der Waals surface area contributed by atoms with Gasteiger partial charge in [-0.2, -0.15) is 0 Å². The van der Waals surface area contributed by atoms with Gasteiger partial charge in [-0.05, 0) is 19.8 Å². The van der Waals surface area contributed by atoms with Crippen LogP contribution in [0.1, 0.15) is 67.9 Å². The zero-order valence-corrected chi connectivity index (χ0v) is 16.4. The Morgan fingerprint density at radius 2 is 2.00 bits per heavy atom. The number of hydrogen-bond acceptors (Lipinski definition) is 6. The number of amides is 1. The second-order valence-electron chi connectivity index (χ2n) is 5.82. The summed E-state index contributed by atoms with van der Waals surface area (Å²) in [7, 11) is 1.66. The van der Waals surface area contributed by atoms with Crippen LogP contribution in [0.15, 0.2) is 5.38 Å². The Labute approximate surface area is 154 Å². The van der Waals surface area contributed by atoms with Crippen LogP contribution < -0.4 is 0 Å². The first-order valence-corrected chi connectivity index (χ1v) is 9.88. The van der Waals surface area contributed by atoms with E-state index in [9.17, 15) is 9.59 Å². The Balaban J connectivity index is 2.62. The molecule has 0 fully saturated rings. The summed E-state index contributed by atoms with van der Waals surface area (Å²) in [6, 6.07) is 0. The highest BCUT2D eigenvalue weighted by molar-refractivity contribution is 7.09. The first-order chi connectivity index (χ1) is 12.1. The first-order valence-electron chi connectivity index (χ1n) is 9.00. The topological polar surface area (TPSA) is 68.7 Å². The highest BCUT2D eigenvalue weighted by atomic mass is 32.1. The third kappa shape index (κ3) is 8.45. The summed E-state index contributed by atoms with van der Waals surface area (Å²) in [6.45, 7) is 5.92. The van der Waals surface area contributed by atoms with Crippen molar-refractivity contribution >= 4 is 23.2 Å². The van der Waals surface area contributed by atoms with Crippen LogP contribution in [-0.4, -0.2) is 48.6 Å². The smallest absolute Gasteiger partial charge is 0.357 e. The Kier molecular flexibility index (Phi) is 11.1. The number of esters is 1. The molecule has 0 atom stereocenters. The highest BCUT2D eigenvalue weighted by Crippen LogP contribution is 2.15. The van der Waals surface area contributed by atoms with Crippen molar-refractivity contribution in [2.45, 2.75) is 58.9 Å². The van der Waals surface area contributed by atoms with Crippen molar-refractivity contribution in [2.75, 3.05) is 26.9 Å². The average Bonchev–Trinajstić information content (AvgIpc) is 3.07. The second-order valence-corrected chi connectivity index (χ2v) is 6.76. The van der Waals surface area contributed by atoms with Gasteiger partial charge in [-0.1, -0.05) is 26.2 Å². The number of unbranched alkanes of at least 4 members (excludes halogenated alkanes) is 3. The van der Waals surface area contributed by atoms with Crippen LogP contribution in [-0.2, 0) is 20.8 Å². The minimum absolute atomic E-state index is 0.139. The van der Waals surface area contributed by atoms with Gasteiger partial charge in [-0.25, -0.2) is 9.78 Å². The number of aromatic nitrogens is 1. The summed E-state index contributed by atoms with van der Waals surface area (Å²) in [5.74, 6) is -0.276. The van der Waals surface area contributed by atoms with Gasteiger partial charge < -0.3 is 14.4 Å². The van der Waals surface area contributed by atoms with Crippen LogP contribution in [0, 0.1) is 0 Å². The molecule has 0 spiro atoms. The van der Waals surface area contributed by atoms with Gasteiger partial charge in [0.15, 0.2) is 5.69 Å². The Hall–Kier alpha value is -1.47. The van der Waals surface area contributed by atoms with Crippen LogP contribution in [0.3, 0.4) is 0 Å². The summed E-state index contributed by atoms with van der Waals surface area (Å²) < 4.78 is 10.0. The van der Waals surface area contributed by atoms with E-state index < -0.39 is 5.97 Å². The van der Waals surface area contributed by atoms with Crippen LogP contribution in [0.4, 0.5) is 0 Å². The molecule has 1 amide bonds. The van der Waals surface area contributed by atoms with Gasteiger partial charge in [-0.15, -0.1) is 11.3 Å². The van der Waals surface area contributed by atoms with Crippen molar-refractivity contribution < 1.29 is 19.1 Å². The molecular weight excluding hydrogens is 340 g/mol. The van der Waals surface area contributed by atoms with Crippen LogP contribution in [0.25, 0.3) is 0 Å². The lowest BCUT2D eigenvalue weighted by atomic mass is 10.1. The third-order valence-electron chi connectivity index (χ3n) is 3.74. The zero-order valence-electron chi connectivity index (χ0n) is 15.6. The molecule has 0 aliphatic carbocycles. The van der Waals surface area contributed by atoms with E-state index in [1.807, 2.05) is 4.90 Å². The second kappa shape index (κ2) is 12.8. The maximum atomic E-state index is 12.5. The van der Waals surface area contributed by atoms with Crippen molar-refractivity contribution in [3.8, 4) is 0 Å². The summed E-state index contributed by atoms with van der Waals surface area (Å²) in [5, 5.41) is 2.44. The standard InChI is InChI=1S/C18H30N2O4S/c1-4-6-7-8-10-17(21)20(11-9-12-23-3)13-16-19-15(14-25-16)18(22)24-5-2/h14H,4-13H2,1-3H3. The Morgan fingerprint density at radius 1 is 1.20 bits per heavy atom. The largest absolute Gasteiger partial charge is 0.461 e. The summed E-state index contributed by atoms with van der Waals surface area (Å²) in [6.07, 6.45) is 5.65. The van der Waals surface area contributed by atoms with Crippen LogP contribution in [0.5, 0.6) is 0 Å². The number of nitrogens with zero attached hydrogens (tertiary/aromatic N) is 2. The van der Waals surface area contributed by atoms with E-state index >= 15 is 0 Å². The van der Waals surface area contributed by atoms with Gasteiger partial charge in [0, 0.05) is 32.1 Å². The molecular formula is C18H30N2O4S. The third-order valence-corrected chi connectivity index (χ3v) is 4.57. The maximum Gasteiger partial charge on any atom is 0.357 e. The molecule has 0 radical (unpaired) electrons. The van der Waals surface area contributed by atoms with E-state index in [1.165, 1.54) is 11.3 Å². The normalized spacial score (nSPS) is 10.7. The number of carbonyl (C=O) groups excluding carboxylic acids is 2. The molecule has 0 aromatic carbocycles. The molecule has 0 saturated heterocycles. The average molecular weight is 371 g/mol. The molecule has 0 N–H and O–H groups in total. The van der Waals surface area contributed by atoms with Crippen molar-refractivity contribution in [1.29, 1.82) is 0 Å². The molecule has 1 rings (SSSR count). The van der Waals surface area contributed by atoms with Crippen molar-refractivity contribution in [1.82, 2.24) is 9.88 Å². The van der Waals surface area contributed by atoms with Crippen LogP contribution >= 0.6 is 11.3 Å².